The molecule has 0 atom stereocenters. The third-order valence-electron chi connectivity index (χ3n) is 4.08. The Morgan fingerprint density at radius 2 is 1.83 bits per heavy atom. The number of piperazine rings is 1. The largest absolute Gasteiger partial charge is 0.369 e. The van der Waals surface area contributed by atoms with Gasteiger partial charge in [-0.25, -0.2) is 9.37 Å². The number of benzene rings is 1. The van der Waals surface area contributed by atoms with Crippen LogP contribution in [0.5, 0.6) is 0 Å². The second-order valence-corrected chi connectivity index (χ2v) is 6.11. The van der Waals surface area contributed by atoms with Crippen molar-refractivity contribution in [2.24, 2.45) is 0 Å². The molecule has 24 heavy (non-hydrogen) atoms. The van der Waals surface area contributed by atoms with Crippen LogP contribution in [-0.4, -0.2) is 49.0 Å². The first-order valence-electron chi connectivity index (χ1n) is 7.69. The molecule has 5 nitrogen and oxygen atoms in total. The molecule has 1 aromatic heterocycles. The highest BCUT2D eigenvalue weighted by molar-refractivity contribution is 6.30. The van der Waals surface area contributed by atoms with Gasteiger partial charge in [0.15, 0.2) is 11.0 Å². The number of carbonyl (C=O) groups is 1. The summed E-state index contributed by atoms with van der Waals surface area (Å²) in [5.41, 5.74) is 1.59. The van der Waals surface area contributed by atoms with Crippen LogP contribution in [0.1, 0.15) is 10.4 Å². The van der Waals surface area contributed by atoms with Crippen molar-refractivity contribution in [3.05, 3.63) is 53.1 Å². The quantitative estimate of drug-likeness (QED) is 0.866. The van der Waals surface area contributed by atoms with Crippen molar-refractivity contribution in [2.75, 3.05) is 43.4 Å². The molecule has 0 radical (unpaired) electrons. The van der Waals surface area contributed by atoms with E-state index in [2.05, 4.69) is 27.1 Å². The summed E-state index contributed by atoms with van der Waals surface area (Å²) in [7, 11) is 2.11. The SMILES string of the molecule is CN1CCN(c2ccc(NC(=O)c3ccnc(Cl)c3F)cc2)CC1. The number of amides is 1. The molecule has 3 rings (SSSR count). The van der Waals surface area contributed by atoms with Gasteiger partial charge in [-0.3, -0.25) is 4.79 Å². The van der Waals surface area contributed by atoms with Crippen LogP contribution in [0, 0.1) is 5.82 Å². The predicted molar refractivity (Wildman–Crippen MR) is 93.3 cm³/mol. The molecule has 126 valence electrons. The van der Waals surface area contributed by atoms with Gasteiger partial charge in [0, 0.05) is 43.8 Å². The van der Waals surface area contributed by atoms with Gasteiger partial charge in [-0.2, -0.15) is 0 Å². The minimum Gasteiger partial charge on any atom is -0.369 e. The van der Waals surface area contributed by atoms with E-state index in [0.29, 0.717) is 5.69 Å². The summed E-state index contributed by atoms with van der Waals surface area (Å²) in [6, 6.07) is 8.83. The van der Waals surface area contributed by atoms with Crippen LogP contribution in [0.15, 0.2) is 36.5 Å². The number of rotatable bonds is 3. The highest BCUT2D eigenvalue weighted by atomic mass is 35.5. The van der Waals surface area contributed by atoms with Crippen molar-refractivity contribution in [1.29, 1.82) is 0 Å². The van der Waals surface area contributed by atoms with Crippen molar-refractivity contribution in [3.63, 3.8) is 0 Å². The van der Waals surface area contributed by atoms with E-state index < -0.39 is 11.7 Å². The molecule has 7 heteroatoms. The maximum Gasteiger partial charge on any atom is 0.258 e. The molecule has 2 aromatic rings. The van der Waals surface area contributed by atoms with E-state index in [1.807, 2.05) is 24.3 Å². The lowest BCUT2D eigenvalue weighted by atomic mass is 10.2. The lowest BCUT2D eigenvalue weighted by Gasteiger charge is -2.34. The smallest absolute Gasteiger partial charge is 0.258 e. The summed E-state index contributed by atoms with van der Waals surface area (Å²) in [6.07, 6.45) is 1.30. The van der Waals surface area contributed by atoms with Gasteiger partial charge >= 0.3 is 0 Å². The molecule has 1 aliphatic rings. The number of nitrogens with one attached hydrogen (secondary N) is 1. The van der Waals surface area contributed by atoms with Gasteiger partial charge in [-0.05, 0) is 37.4 Å². The topological polar surface area (TPSA) is 48.5 Å². The van der Waals surface area contributed by atoms with Crippen molar-refractivity contribution in [2.45, 2.75) is 0 Å². The van der Waals surface area contributed by atoms with Crippen LogP contribution in [0.2, 0.25) is 5.15 Å². The van der Waals surface area contributed by atoms with Crippen LogP contribution in [0.3, 0.4) is 0 Å². The van der Waals surface area contributed by atoms with Crippen LogP contribution in [-0.2, 0) is 0 Å². The van der Waals surface area contributed by atoms with Crippen LogP contribution < -0.4 is 10.2 Å². The molecule has 2 heterocycles. The molecule has 1 saturated heterocycles. The Morgan fingerprint density at radius 3 is 2.50 bits per heavy atom. The molecule has 1 fully saturated rings. The monoisotopic (exact) mass is 348 g/mol. The molecule has 1 N–H and O–H groups in total. The second-order valence-electron chi connectivity index (χ2n) is 5.75. The number of nitrogens with zero attached hydrogens (tertiary/aromatic N) is 3. The first kappa shape index (κ1) is 16.7. The van der Waals surface area contributed by atoms with E-state index in [-0.39, 0.29) is 10.7 Å². The van der Waals surface area contributed by atoms with Gasteiger partial charge in [-0.15, -0.1) is 0 Å². The number of hydrogen-bond donors (Lipinski definition) is 1. The first-order chi connectivity index (χ1) is 11.5. The minimum atomic E-state index is -0.814. The Labute approximate surface area is 145 Å². The van der Waals surface area contributed by atoms with E-state index in [4.69, 9.17) is 11.6 Å². The summed E-state index contributed by atoms with van der Waals surface area (Å²) in [4.78, 5) is 20.3. The standard InChI is InChI=1S/C17H18ClFN4O/c1-22-8-10-23(11-9-22)13-4-2-12(3-5-13)21-17(24)14-6-7-20-16(18)15(14)19/h2-7H,8-11H2,1H3,(H,21,24). The third-order valence-corrected chi connectivity index (χ3v) is 4.35. The molecule has 0 unspecified atom stereocenters. The fourth-order valence-electron chi connectivity index (χ4n) is 2.61. The Hall–Kier alpha value is -2.18. The Bertz CT molecular complexity index is 730. The maximum atomic E-state index is 13.8. The average molecular weight is 349 g/mol. The molecule has 1 amide bonds. The molecular weight excluding hydrogens is 331 g/mol. The number of aromatic nitrogens is 1. The lowest BCUT2D eigenvalue weighted by Crippen LogP contribution is -2.44. The van der Waals surface area contributed by atoms with Crippen molar-refractivity contribution in [1.82, 2.24) is 9.88 Å². The highest BCUT2D eigenvalue weighted by Gasteiger charge is 2.16. The third kappa shape index (κ3) is 3.66. The van der Waals surface area contributed by atoms with Crippen LogP contribution >= 0.6 is 11.6 Å². The van der Waals surface area contributed by atoms with Gasteiger partial charge in [0.05, 0.1) is 5.56 Å². The Morgan fingerprint density at radius 1 is 1.17 bits per heavy atom. The fourth-order valence-corrected chi connectivity index (χ4v) is 2.77. The van der Waals surface area contributed by atoms with Crippen molar-refractivity contribution in [3.8, 4) is 0 Å². The molecule has 0 aliphatic carbocycles. The van der Waals surface area contributed by atoms with E-state index in [9.17, 15) is 9.18 Å². The van der Waals surface area contributed by atoms with E-state index in [1.165, 1.54) is 12.3 Å². The lowest BCUT2D eigenvalue weighted by molar-refractivity contribution is 0.102. The minimum absolute atomic E-state index is 0.127. The zero-order valence-corrected chi connectivity index (χ0v) is 14.1. The Balaban J connectivity index is 1.68. The molecule has 0 spiro atoms. The Kier molecular flexibility index (Phi) is 4.97. The number of pyridine rings is 1. The van der Waals surface area contributed by atoms with Gasteiger partial charge < -0.3 is 15.1 Å². The van der Waals surface area contributed by atoms with Gasteiger partial charge in [0.25, 0.3) is 5.91 Å². The number of likely N-dealkylation sites (N-methyl/N-ethyl adjacent to an activating group) is 1. The second kappa shape index (κ2) is 7.15. The van der Waals surface area contributed by atoms with Crippen LogP contribution in [0.25, 0.3) is 0 Å². The maximum absolute atomic E-state index is 13.8. The first-order valence-corrected chi connectivity index (χ1v) is 8.07. The zero-order chi connectivity index (χ0) is 17.1. The van der Waals surface area contributed by atoms with E-state index in [1.54, 1.807) is 0 Å². The van der Waals surface area contributed by atoms with Gasteiger partial charge in [0.1, 0.15) is 0 Å². The fraction of sp³-hybridized carbons (Fsp3) is 0.294. The zero-order valence-electron chi connectivity index (χ0n) is 13.3. The summed E-state index contributed by atoms with van der Waals surface area (Å²) < 4.78 is 13.8. The summed E-state index contributed by atoms with van der Waals surface area (Å²) >= 11 is 5.60. The normalized spacial score (nSPS) is 15.4. The summed E-state index contributed by atoms with van der Waals surface area (Å²) in [5, 5.41) is 2.36. The summed E-state index contributed by atoms with van der Waals surface area (Å²) in [5.74, 6) is -1.37. The molecule has 1 aromatic carbocycles. The van der Waals surface area contributed by atoms with Gasteiger partial charge in [0.2, 0.25) is 0 Å². The number of carbonyl (C=O) groups excluding carboxylic acids is 1. The highest BCUT2D eigenvalue weighted by Crippen LogP contribution is 2.21. The van der Waals surface area contributed by atoms with Gasteiger partial charge in [-0.1, -0.05) is 11.6 Å². The van der Waals surface area contributed by atoms with E-state index >= 15 is 0 Å². The molecule has 0 saturated carbocycles. The predicted octanol–water partition coefficient (Wildman–Crippen LogP) is 2.88. The molecule has 0 bridgehead atoms. The van der Waals surface area contributed by atoms with Crippen molar-refractivity contribution < 1.29 is 9.18 Å². The average Bonchev–Trinajstić information content (AvgIpc) is 2.59. The molecular formula is C17H18ClFN4O. The summed E-state index contributed by atoms with van der Waals surface area (Å²) in [6.45, 7) is 4.01. The number of anilines is 2. The molecule has 1 aliphatic heterocycles. The van der Waals surface area contributed by atoms with Crippen molar-refractivity contribution >= 4 is 28.9 Å². The van der Waals surface area contributed by atoms with Crippen LogP contribution in [0.4, 0.5) is 15.8 Å². The van der Waals surface area contributed by atoms with E-state index in [0.717, 1.165) is 31.9 Å². The number of hydrogen-bond acceptors (Lipinski definition) is 4. The number of halogens is 2.